The van der Waals surface area contributed by atoms with Gasteiger partial charge in [0.2, 0.25) is 0 Å². The SMILES string of the molecule is CCCCC1(CCCC)CCc2ccc(OCc3ccc4ccccc4n3)cc2C1O.Cl. The third kappa shape index (κ3) is 5.27. The fraction of sp³-hybridized carbons (Fsp3) is 0.464. The number of rotatable bonds is 9. The number of benzene rings is 2. The molecule has 1 aromatic heterocycles. The van der Waals surface area contributed by atoms with Crippen molar-refractivity contribution in [3.63, 3.8) is 0 Å². The Morgan fingerprint density at radius 1 is 1.00 bits per heavy atom. The molecular weight excluding hydrogens is 418 g/mol. The van der Waals surface area contributed by atoms with Crippen LogP contribution in [-0.2, 0) is 13.0 Å². The van der Waals surface area contributed by atoms with E-state index in [-0.39, 0.29) is 17.8 Å². The molecule has 0 saturated heterocycles. The lowest BCUT2D eigenvalue weighted by atomic mass is 9.64. The molecule has 2 aromatic carbocycles. The van der Waals surface area contributed by atoms with Gasteiger partial charge < -0.3 is 9.84 Å². The highest BCUT2D eigenvalue weighted by Gasteiger charge is 2.41. The van der Waals surface area contributed by atoms with E-state index < -0.39 is 6.10 Å². The molecule has 4 rings (SSSR count). The number of aliphatic hydroxyl groups is 1. The van der Waals surface area contributed by atoms with Crippen LogP contribution in [0, 0.1) is 5.41 Å². The average Bonchev–Trinajstić information content (AvgIpc) is 2.82. The maximum absolute atomic E-state index is 11.5. The van der Waals surface area contributed by atoms with Gasteiger partial charge in [-0.2, -0.15) is 0 Å². The summed E-state index contributed by atoms with van der Waals surface area (Å²) in [5.41, 5.74) is 4.26. The molecule has 0 amide bonds. The summed E-state index contributed by atoms with van der Waals surface area (Å²) in [5, 5.41) is 12.6. The zero-order chi connectivity index (χ0) is 21.7. The van der Waals surface area contributed by atoms with Crippen LogP contribution in [0.2, 0.25) is 0 Å². The van der Waals surface area contributed by atoms with E-state index in [1.165, 1.54) is 31.2 Å². The zero-order valence-corrected chi connectivity index (χ0v) is 20.2. The predicted molar refractivity (Wildman–Crippen MR) is 135 cm³/mol. The minimum absolute atomic E-state index is 0. The number of unbranched alkanes of at least 4 members (excludes halogenated alkanes) is 2. The fourth-order valence-corrected chi connectivity index (χ4v) is 5.05. The Bertz CT molecular complexity index is 1010. The first-order chi connectivity index (χ1) is 15.1. The van der Waals surface area contributed by atoms with Crippen LogP contribution in [0.1, 0.15) is 81.7 Å². The van der Waals surface area contributed by atoms with Gasteiger partial charge in [0.1, 0.15) is 12.4 Å². The van der Waals surface area contributed by atoms with E-state index >= 15 is 0 Å². The van der Waals surface area contributed by atoms with Crippen molar-refractivity contribution < 1.29 is 9.84 Å². The van der Waals surface area contributed by atoms with Crippen LogP contribution < -0.4 is 4.74 Å². The first-order valence-corrected chi connectivity index (χ1v) is 11.9. The summed E-state index contributed by atoms with van der Waals surface area (Å²) in [5.74, 6) is 0.814. The molecule has 4 heteroatoms. The van der Waals surface area contributed by atoms with Crippen LogP contribution in [0.4, 0.5) is 0 Å². The Morgan fingerprint density at radius 3 is 2.50 bits per heavy atom. The number of para-hydroxylation sites is 1. The van der Waals surface area contributed by atoms with Gasteiger partial charge in [-0.1, -0.05) is 69.9 Å². The molecule has 1 unspecified atom stereocenters. The molecular formula is C28H36ClNO2. The van der Waals surface area contributed by atoms with E-state index in [0.29, 0.717) is 6.61 Å². The molecule has 1 aliphatic rings. The molecule has 3 aromatic rings. The lowest BCUT2D eigenvalue weighted by Gasteiger charge is -2.43. The number of nitrogens with zero attached hydrogens (tertiary/aromatic N) is 1. The second-order valence-electron chi connectivity index (χ2n) is 9.12. The summed E-state index contributed by atoms with van der Waals surface area (Å²) in [6.45, 7) is 4.91. The molecule has 0 spiro atoms. The standard InChI is InChI=1S/C28H35NO2.ClH/c1-3-5-16-28(17-6-4-2)18-15-21-12-14-24(19-25(21)27(28)30)31-20-23-13-11-22-9-7-8-10-26(22)29-23;/h7-14,19,27,30H,3-6,15-18,20H2,1-2H3;1H. The van der Waals surface area contributed by atoms with Crippen molar-refractivity contribution >= 4 is 23.3 Å². The van der Waals surface area contributed by atoms with Crippen LogP contribution in [0.25, 0.3) is 10.9 Å². The lowest BCUT2D eigenvalue weighted by Crippen LogP contribution is -2.34. The van der Waals surface area contributed by atoms with Crippen molar-refractivity contribution in [2.45, 2.75) is 77.9 Å². The molecule has 0 bridgehead atoms. The third-order valence-corrected chi connectivity index (χ3v) is 6.98. The fourth-order valence-electron chi connectivity index (χ4n) is 5.05. The Morgan fingerprint density at radius 2 is 1.75 bits per heavy atom. The Kier molecular flexibility index (Phi) is 8.56. The maximum atomic E-state index is 11.5. The van der Waals surface area contributed by atoms with E-state index in [1.807, 2.05) is 30.3 Å². The van der Waals surface area contributed by atoms with Crippen LogP contribution in [0.15, 0.2) is 54.6 Å². The molecule has 1 N–H and O–H groups in total. The smallest absolute Gasteiger partial charge is 0.130 e. The van der Waals surface area contributed by atoms with Gasteiger partial charge in [0.25, 0.3) is 0 Å². The van der Waals surface area contributed by atoms with Crippen molar-refractivity contribution in [1.82, 2.24) is 4.98 Å². The first-order valence-electron chi connectivity index (χ1n) is 11.9. The quantitative estimate of drug-likeness (QED) is 0.363. The molecule has 1 atom stereocenters. The summed E-state index contributed by atoms with van der Waals surface area (Å²) < 4.78 is 6.11. The molecule has 1 heterocycles. The van der Waals surface area contributed by atoms with Crippen LogP contribution in [0.3, 0.4) is 0 Å². The van der Waals surface area contributed by atoms with Gasteiger partial charge in [0.15, 0.2) is 0 Å². The van der Waals surface area contributed by atoms with Crippen LogP contribution in [0.5, 0.6) is 5.75 Å². The largest absolute Gasteiger partial charge is 0.487 e. The molecule has 172 valence electrons. The van der Waals surface area contributed by atoms with Crippen molar-refractivity contribution in [3.8, 4) is 5.75 Å². The van der Waals surface area contributed by atoms with Crippen molar-refractivity contribution in [2.75, 3.05) is 0 Å². The van der Waals surface area contributed by atoms with E-state index in [4.69, 9.17) is 9.72 Å². The van der Waals surface area contributed by atoms with Gasteiger partial charge in [0.05, 0.1) is 17.3 Å². The normalized spacial score (nSPS) is 16.9. The number of aryl methyl sites for hydroxylation is 1. The van der Waals surface area contributed by atoms with E-state index in [9.17, 15) is 5.11 Å². The van der Waals surface area contributed by atoms with Gasteiger partial charge in [-0.05, 0) is 61.1 Å². The first kappa shape index (κ1) is 24.5. The molecule has 1 aliphatic carbocycles. The molecule has 0 aliphatic heterocycles. The summed E-state index contributed by atoms with van der Waals surface area (Å²) >= 11 is 0. The molecule has 0 radical (unpaired) electrons. The number of hydrogen-bond donors (Lipinski definition) is 1. The zero-order valence-electron chi connectivity index (χ0n) is 19.3. The Labute approximate surface area is 198 Å². The molecule has 0 fully saturated rings. The van der Waals surface area contributed by atoms with Crippen LogP contribution >= 0.6 is 12.4 Å². The van der Waals surface area contributed by atoms with Gasteiger partial charge in [-0.25, -0.2) is 4.98 Å². The number of hydrogen-bond acceptors (Lipinski definition) is 3. The van der Waals surface area contributed by atoms with E-state index in [2.05, 4.69) is 38.1 Å². The number of halogens is 1. The second kappa shape index (κ2) is 11.2. The number of ether oxygens (including phenoxy) is 1. The van der Waals surface area contributed by atoms with Gasteiger partial charge in [0, 0.05) is 10.8 Å². The number of fused-ring (bicyclic) bond motifs is 2. The minimum Gasteiger partial charge on any atom is -0.487 e. The Balaban J connectivity index is 0.00000289. The molecule has 0 saturated carbocycles. The average molecular weight is 454 g/mol. The summed E-state index contributed by atoms with van der Waals surface area (Å²) in [6.07, 6.45) is 8.66. The molecule has 3 nitrogen and oxygen atoms in total. The van der Waals surface area contributed by atoms with Crippen molar-refractivity contribution in [2.24, 2.45) is 5.41 Å². The minimum atomic E-state index is -0.406. The maximum Gasteiger partial charge on any atom is 0.130 e. The topological polar surface area (TPSA) is 42.4 Å². The number of pyridine rings is 1. The Hall–Kier alpha value is -2.10. The highest BCUT2D eigenvalue weighted by atomic mass is 35.5. The summed E-state index contributed by atoms with van der Waals surface area (Å²) in [4.78, 5) is 4.71. The van der Waals surface area contributed by atoms with Gasteiger partial charge >= 0.3 is 0 Å². The monoisotopic (exact) mass is 453 g/mol. The molecule has 32 heavy (non-hydrogen) atoms. The van der Waals surface area contributed by atoms with Crippen molar-refractivity contribution in [1.29, 1.82) is 0 Å². The highest BCUT2D eigenvalue weighted by molar-refractivity contribution is 5.85. The number of aromatic nitrogens is 1. The summed E-state index contributed by atoms with van der Waals surface area (Å²) in [6, 6.07) is 18.5. The van der Waals surface area contributed by atoms with Gasteiger partial charge in [-0.3, -0.25) is 0 Å². The predicted octanol–water partition coefficient (Wildman–Crippen LogP) is 7.58. The van der Waals surface area contributed by atoms with Gasteiger partial charge in [-0.15, -0.1) is 12.4 Å². The lowest BCUT2D eigenvalue weighted by molar-refractivity contribution is -0.00996. The third-order valence-electron chi connectivity index (χ3n) is 6.98. The van der Waals surface area contributed by atoms with E-state index in [0.717, 1.165) is 53.6 Å². The highest BCUT2D eigenvalue weighted by Crippen LogP contribution is 2.51. The van der Waals surface area contributed by atoms with Crippen molar-refractivity contribution in [3.05, 3.63) is 71.4 Å². The van der Waals surface area contributed by atoms with E-state index in [1.54, 1.807) is 0 Å². The summed E-state index contributed by atoms with van der Waals surface area (Å²) in [7, 11) is 0. The van der Waals surface area contributed by atoms with Crippen LogP contribution in [-0.4, -0.2) is 10.1 Å². The second-order valence-corrected chi connectivity index (χ2v) is 9.12. The number of aliphatic hydroxyl groups excluding tert-OH is 1.